The van der Waals surface area contributed by atoms with Crippen LogP contribution in [0, 0.1) is 0 Å². The van der Waals surface area contributed by atoms with Crippen LogP contribution < -0.4 is 5.32 Å². The fourth-order valence-corrected chi connectivity index (χ4v) is 3.18. The standard InChI is InChI=1S/C12H18N4O4S2/c1-3-16(4-2)9(18)7-21-12-15-14-11(22-12)13-8(17)5-6-10(19)20/h3-7H2,1-2H3,(H,19,20)(H,13,14,17). The smallest absolute Gasteiger partial charge is 0.303 e. The Hall–Kier alpha value is -1.68. The van der Waals surface area contributed by atoms with Gasteiger partial charge in [0.2, 0.25) is 16.9 Å². The monoisotopic (exact) mass is 346 g/mol. The molecule has 0 bridgehead atoms. The Morgan fingerprint density at radius 2 is 1.91 bits per heavy atom. The third-order valence-electron chi connectivity index (χ3n) is 2.65. The van der Waals surface area contributed by atoms with E-state index in [1.165, 1.54) is 11.8 Å². The summed E-state index contributed by atoms with van der Waals surface area (Å²) >= 11 is 2.42. The Morgan fingerprint density at radius 3 is 2.50 bits per heavy atom. The van der Waals surface area contributed by atoms with Gasteiger partial charge in [0.1, 0.15) is 0 Å². The molecule has 1 aromatic rings. The zero-order valence-electron chi connectivity index (χ0n) is 12.4. The topological polar surface area (TPSA) is 112 Å². The molecule has 0 aromatic carbocycles. The molecule has 0 radical (unpaired) electrons. The van der Waals surface area contributed by atoms with Crippen LogP contribution in [0.3, 0.4) is 0 Å². The zero-order valence-corrected chi connectivity index (χ0v) is 14.0. The van der Waals surface area contributed by atoms with Gasteiger partial charge < -0.3 is 15.3 Å². The molecule has 0 unspecified atom stereocenters. The zero-order chi connectivity index (χ0) is 16.5. The maximum Gasteiger partial charge on any atom is 0.303 e. The highest BCUT2D eigenvalue weighted by atomic mass is 32.2. The highest BCUT2D eigenvalue weighted by Crippen LogP contribution is 2.25. The average molecular weight is 346 g/mol. The van der Waals surface area contributed by atoms with Crippen molar-refractivity contribution in [3.63, 3.8) is 0 Å². The summed E-state index contributed by atoms with van der Waals surface area (Å²) in [5.41, 5.74) is 0. The minimum atomic E-state index is -1.03. The van der Waals surface area contributed by atoms with E-state index in [-0.39, 0.29) is 24.5 Å². The van der Waals surface area contributed by atoms with Gasteiger partial charge >= 0.3 is 5.97 Å². The van der Waals surface area contributed by atoms with Crippen molar-refractivity contribution in [1.82, 2.24) is 15.1 Å². The molecule has 0 atom stereocenters. The number of nitrogens with one attached hydrogen (secondary N) is 1. The maximum atomic E-state index is 11.8. The fraction of sp³-hybridized carbons (Fsp3) is 0.583. The van der Waals surface area contributed by atoms with Gasteiger partial charge in [-0.15, -0.1) is 10.2 Å². The van der Waals surface area contributed by atoms with Gasteiger partial charge in [0.25, 0.3) is 0 Å². The van der Waals surface area contributed by atoms with Crippen LogP contribution in [0.25, 0.3) is 0 Å². The number of amides is 2. The first-order valence-electron chi connectivity index (χ1n) is 6.72. The molecule has 1 aromatic heterocycles. The molecule has 1 rings (SSSR count). The predicted molar refractivity (Wildman–Crippen MR) is 84.1 cm³/mol. The van der Waals surface area contributed by atoms with Crippen LogP contribution in [0.2, 0.25) is 0 Å². The van der Waals surface area contributed by atoms with Crippen LogP contribution in [-0.2, 0) is 14.4 Å². The second kappa shape index (κ2) is 9.36. The number of anilines is 1. The fourth-order valence-electron chi connectivity index (χ4n) is 1.51. The number of carbonyl (C=O) groups excluding carboxylic acids is 2. The summed E-state index contributed by atoms with van der Waals surface area (Å²) in [6.45, 7) is 5.16. The highest BCUT2D eigenvalue weighted by molar-refractivity contribution is 8.01. The molecule has 0 aliphatic rings. The van der Waals surface area contributed by atoms with E-state index in [4.69, 9.17) is 5.11 Å². The highest BCUT2D eigenvalue weighted by Gasteiger charge is 2.13. The van der Waals surface area contributed by atoms with Gasteiger partial charge in [-0.1, -0.05) is 23.1 Å². The van der Waals surface area contributed by atoms with Gasteiger partial charge in [0, 0.05) is 19.5 Å². The predicted octanol–water partition coefficient (Wildman–Crippen LogP) is 1.30. The number of hydrogen-bond donors (Lipinski definition) is 2. The molecule has 8 nitrogen and oxygen atoms in total. The summed E-state index contributed by atoms with van der Waals surface area (Å²) in [6, 6.07) is 0. The number of thioether (sulfide) groups is 1. The summed E-state index contributed by atoms with van der Waals surface area (Å²) in [7, 11) is 0. The van der Waals surface area contributed by atoms with E-state index in [9.17, 15) is 14.4 Å². The quantitative estimate of drug-likeness (QED) is 0.512. The lowest BCUT2D eigenvalue weighted by Gasteiger charge is -2.17. The second-order valence-corrected chi connectivity index (χ2v) is 6.37. The molecule has 0 aliphatic heterocycles. The van der Waals surface area contributed by atoms with Crippen LogP contribution in [0.5, 0.6) is 0 Å². The molecule has 0 spiro atoms. The Bertz CT molecular complexity index is 531. The molecule has 0 saturated heterocycles. The van der Waals surface area contributed by atoms with E-state index in [0.717, 1.165) is 11.3 Å². The Labute approximate surface area is 136 Å². The number of aromatic nitrogens is 2. The van der Waals surface area contributed by atoms with E-state index in [1.807, 2.05) is 13.8 Å². The van der Waals surface area contributed by atoms with Gasteiger partial charge in [-0.2, -0.15) is 0 Å². The Kier molecular flexibility index (Phi) is 7.82. The SMILES string of the molecule is CCN(CC)C(=O)CSc1nnc(NC(=O)CCC(=O)O)s1. The lowest BCUT2D eigenvalue weighted by atomic mass is 10.3. The minimum absolute atomic E-state index is 0.0252. The number of carbonyl (C=O) groups is 3. The number of aliphatic carboxylic acids is 1. The minimum Gasteiger partial charge on any atom is -0.481 e. The largest absolute Gasteiger partial charge is 0.481 e. The van der Waals surface area contributed by atoms with Crippen molar-refractivity contribution in [2.24, 2.45) is 0 Å². The van der Waals surface area contributed by atoms with Gasteiger partial charge in [0.05, 0.1) is 12.2 Å². The van der Waals surface area contributed by atoms with Gasteiger partial charge in [-0.25, -0.2) is 0 Å². The summed E-state index contributed by atoms with van der Waals surface area (Å²) < 4.78 is 0.578. The lowest BCUT2D eigenvalue weighted by Crippen LogP contribution is -2.31. The normalized spacial score (nSPS) is 10.3. The van der Waals surface area contributed by atoms with Crippen LogP contribution in [0.4, 0.5) is 5.13 Å². The van der Waals surface area contributed by atoms with Crippen LogP contribution in [0.1, 0.15) is 26.7 Å². The Morgan fingerprint density at radius 1 is 1.23 bits per heavy atom. The summed E-state index contributed by atoms with van der Waals surface area (Å²) in [5, 5.41) is 18.9. The second-order valence-electron chi connectivity index (χ2n) is 4.17. The Balaban J connectivity index is 2.42. The number of carboxylic acid groups (broad SMARTS) is 1. The van der Waals surface area contributed by atoms with Crippen molar-refractivity contribution in [2.75, 3.05) is 24.2 Å². The van der Waals surface area contributed by atoms with Gasteiger partial charge in [-0.3, -0.25) is 14.4 Å². The van der Waals surface area contributed by atoms with Crippen molar-refractivity contribution in [3.05, 3.63) is 0 Å². The molecular formula is C12H18N4O4S2. The number of hydrogen-bond acceptors (Lipinski definition) is 7. The molecule has 2 N–H and O–H groups in total. The van der Waals surface area contributed by atoms with Gasteiger partial charge in [-0.05, 0) is 13.8 Å². The first-order valence-corrected chi connectivity index (χ1v) is 8.52. The average Bonchev–Trinajstić information content (AvgIpc) is 2.91. The molecule has 2 amide bonds. The number of rotatable bonds is 9. The van der Waals surface area contributed by atoms with Gasteiger partial charge in [0.15, 0.2) is 4.34 Å². The van der Waals surface area contributed by atoms with Crippen molar-refractivity contribution in [3.8, 4) is 0 Å². The summed E-state index contributed by atoms with van der Waals surface area (Å²) in [4.78, 5) is 35.4. The summed E-state index contributed by atoms with van der Waals surface area (Å²) in [5.74, 6) is -1.16. The van der Waals surface area contributed by atoms with E-state index in [0.29, 0.717) is 22.6 Å². The van der Waals surface area contributed by atoms with Crippen LogP contribution in [0.15, 0.2) is 4.34 Å². The van der Waals surface area contributed by atoms with Crippen LogP contribution in [-0.4, -0.2) is 56.8 Å². The number of carboxylic acids is 1. The molecule has 10 heteroatoms. The van der Waals surface area contributed by atoms with Crippen molar-refractivity contribution in [1.29, 1.82) is 0 Å². The third-order valence-corrected chi connectivity index (χ3v) is 4.61. The van der Waals surface area contributed by atoms with Crippen molar-refractivity contribution in [2.45, 2.75) is 31.0 Å². The third kappa shape index (κ3) is 6.39. The van der Waals surface area contributed by atoms with E-state index in [2.05, 4.69) is 15.5 Å². The first kappa shape index (κ1) is 18.4. The molecule has 1 heterocycles. The first-order chi connectivity index (χ1) is 10.5. The molecule has 0 saturated carbocycles. The van der Waals surface area contributed by atoms with Crippen molar-refractivity contribution < 1.29 is 19.5 Å². The maximum absolute atomic E-state index is 11.8. The molecule has 22 heavy (non-hydrogen) atoms. The molecule has 0 fully saturated rings. The molecule has 0 aliphatic carbocycles. The molecular weight excluding hydrogens is 328 g/mol. The van der Waals surface area contributed by atoms with Crippen LogP contribution >= 0.6 is 23.1 Å². The van der Waals surface area contributed by atoms with E-state index in [1.54, 1.807) is 4.90 Å². The van der Waals surface area contributed by atoms with E-state index >= 15 is 0 Å². The van der Waals surface area contributed by atoms with Crippen molar-refractivity contribution >= 4 is 46.0 Å². The lowest BCUT2D eigenvalue weighted by molar-refractivity contribution is -0.138. The van der Waals surface area contributed by atoms with E-state index < -0.39 is 11.9 Å². The summed E-state index contributed by atoms with van der Waals surface area (Å²) in [6.07, 6.45) is -0.345. The molecule has 122 valence electrons. The number of nitrogens with zero attached hydrogens (tertiary/aromatic N) is 3.